The maximum Gasteiger partial charge on any atom is 0.250 e. The molecule has 2 rings (SSSR count). The minimum Gasteiger partial charge on any atom is -0.399 e. The van der Waals surface area contributed by atoms with Crippen LogP contribution in [0.15, 0.2) is 18.2 Å². The second-order valence-electron chi connectivity index (χ2n) is 5.33. The lowest BCUT2D eigenvalue weighted by molar-refractivity contribution is 0.100. The number of carbonyl (C=O) groups excluding carboxylic acids is 1. The minimum atomic E-state index is -0.383. The maximum atomic E-state index is 11.5. The first kappa shape index (κ1) is 13.7. The standard InChI is InChI=1S/C15H23N3O/c1-2-11-4-3-8-18(9-7-11)14-10-12(16)5-6-13(14)15(17)19/h5-6,10-11H,2-4,7-9,16H2,1H3,(H2,17,19). The molecule has 1 aliphatic rings. The summed E-state index contributed by atoms with van der Waals surface area (Å²) in [4.78, 5) is 13.8. The van der Waals surface area contributed by atoms with Crippen molar-refractivity contribution in [2.45, 2.75) is 32.6 Å². The summed E-state index contributed by atoms with van der Waals surface area (Å²) in [6.07, 6.45) is 4.82. The van der Waals surface area contributed by atoms with Gasteiger partial charge in [0.2, 0.25) is 0 Å². The van der Waals surface area contributed by atoms with Crippen LogP contribution in [0.1, 0.15) is 43.0 Å². The van der Waals surface area contributed by atoms with Crippen molar-refractivity contribution >= 4 is 17.3 Å². The van der Waals surface area contributed by atoms with Gasteiger partial charge in [-0.1, -0.05) is 13.3 Å². The number of hydrogen-bond acceptors (Lipinski definition) is 3. The summed E-state index contributed by atoms with van der Waals surface area (Å²) in [7, 11) is 0. The van der Waals surface area contributed by atoms with Gasteiger partial charge in [0.1, 0.15) is 0 Å². The Hall–Kier alpha value is -1.71. The molecule has 1 aromatic rings. The van der Waals surface area contributed by atoms with Crippen molar-refractivity contribution in [3.05, 3.63) is 23.8 Å². The lowest BCUT2D eigenvalue weighted by atomic mass is 9.98. The predicted octanol–water partition coefficient (Wildman–Crippen LogP) is 2.38. The first-order valence-electron chi connectivity index (χ1n) is 7.06. The molecule has 1 aliphatic heterocycles. The van der Waals surface area contributed by atoms with E-state index in [0.717, 1.165) is 31.1 Å². The lowest BCUT2D eigenvalue weighted by Crippen LogP contribution is -2.27. The SMILES string of the molecule is CCC1CCCN(c2cc(N)ccc2C(N)=O)CC1. The Labute approximate surface area is 114 Å². The zero-order chi connectivity index (χ0) is 13.8. The van der Waals surface area contributed by atoms with Gasteiger partial charge in [0.25, 0.3) is 5.91 Å². The Balaban J connectivity index is 2.25. The van der Waals surface area contributed by atoms with Crippen molar-refractivity contribution < 1.29 is 4.79 Å². The highest BCUT2D eigenvalue weighted by atomic mass is 16.1. The molecular weight excluding hydrogens is 238 g/mol. The van der Waals surface area contributed by atoms with E-state index in [-0.39, 0.29) is 5.91 Å². The minimum absolute atomic E-state index is 0.383. The van der Waals surface area contributed by atoms with E-state index in [9.17, 15) is 4.79 Å². The second kappa shape index (κ2) is 5.95. The summed E-state index contributed by atoms with van der Waals surface area (Å²) < 4.78 is 0. The highest BCUT2D eigenvalue weighted by molar-refractivity contribution is 5.99. The zero-order valence-corrected chi connectivity index (χ0v) is 11.6. The number of carbonyl (C=O) groups is 1. The quantitative estimate of drug-likeness (QED) is 0.820. The molecule has 0 saturated carbocycles. The van der Waals surface area contributed by atoms with Crippen LogP contribution in [0.25, 0.3) is 0 Å². The molecule has 0 bridgehead atoms. The molecule has 1 fully saturated rings. The average Bonchev–Trinajstić information content (AvgIpc) is 2.63. The second-order valence-corrected chi connectivity index (χ2v) is 5.33. The average molecular weight is 261 g/mol. The van der Waals surface area contributed by atoms with E-state index in [4.69, 9.17) is 11.5 Å². The Morgan fingerprint density at radius 1 is 1.37 bits per heavy atom. The summed E-state index contributed by atoms with van der Waals surface area (Å²) in [5.41, 5.74) is 13.4. The van der Waals surface area contributed by atoms with E-state index < -0.39 is 0 Å². The first-order chi connectivity index (χ1) is 9.11. The Kier molecular flexibility index (Phi) is 4.30. The van der Waals surface area contributed by atoms with Gasteiger partial charge in [0.15, 0.2) is 0 Å². The lowest BCUT2D eigenvalue weighted by Gasteiger charge is -2.25. The summed E-state index contributed by atoms with van der Waals surface area (Å²) in [6, 6.07) is 5.33. The molecule has 19 heavy (non-hydrogen) atoms. The van der Waals surface area contributed by atoms with Crippen molar-refractivity contribution in [1.29, 1.82) is 0 Å². The van der Waals surface area contributed by atoms with Crippen LogP contribution in [0.3, 0.4) is 0 Å². The Bertz CT molecular complexity index is 459. The number of nitrogens with zero attached hydrogens (tertiary/aromatic N) is 1. The Morgan fingerprint density at radius 3 is 2.84 bits per heavy atom. The summed E-state index contributed by atoms with van der Waals surface area (Å²) in [6.45, 7) is 4.19. The van der Waals surface area contributed by atoms with Gasteiger partial charge >= 0.3 is 0 Å². The fourth-order valence-electron chi connectivity index (χ4n) is 2.83. The van der Waals surface area contributed by atoms with Gasteiger partial charge < -0.3 is 16.4 Å². The molecule has 1 unspecified atom stereocenters. The molecule has 4 heteroatoms. The molecule has 4 nitrogen and oxygen atoms in total. The highest BCUT2D eigenvalue weighted by Gasteiger charge is 2.19. The zero-order valence-electron chi connectivity index (χ0n) is 11.6. The van der Waals surface area contributed by atoms with E-state index >= 15 is 0 Å². The molecule has 4 N–H and O–H groups in total. The normalized spacial score (nSPS) is 20.1. The maximum absolute atomic E-state index is 11.5. The van der Waals surface area contributed by atoms with E-state index in [1.165, 1.54) is 19.3 Å². The van der Waals surface area contributed by atoms with Gasteiger partial charge in [0.05, 0.1) is 11.3 Å². The largest absolute Gasteiger partial charge is 0.399 e. The van der Waals surface area contributed by atoms with Gasteiger partial charge in [0, 0.05) is 18.8 Å². The third-order valence-corrected chi connectivity index (χ3v) is 4.05. The molecule has 1 atom stereocenters. The van der Waals surface area contributed by atoms with Gasteiger partial charge in [-0.05, 0) is 43.4 Å². The van der Waals surface area contributed by atoms with E-state index in [1.807, 2.05) is 6.07 Å². The summed E-state index contributed by atoms with van der Waals surface area (Å²) >= 11 is 0. The van der Waals surface area contributed by atoms with Gasteiger partial charge in [-0.15, -0.1) is 0 Å². The summed E-state index contributed by atoms with van der Waals surface area (Å²) in [5.74, 6) is 0.411. The molecule has 0 aliphatic carbocycles. The van der Waals surface area contributed by atoms with Crippen LogP contribution in [0.2, 0.25) is 0 Å². The van der Waals surface area contributed by atoms with E-state index in [2.05, 4.69) is 11.8 Å². The monoisotopic (exact) mass is 261 g/mol. The first-order valence-corrected chi connectivity index (χ1v) is 7.06. The number of amides is 1. The van der Waals surface area contributed by atoms with Crippen LogP contribution in [-0.4, -0.2) is 19.0 Å². The van der Waals surface area contributed by atoms with Crippen LogP contribution >= 0.6 is 0 Å². The highest BCUT2D eigenvalue weighted by Crippen LogP contribution is 2.28. The number of anilines is 2. The van der Waals surface area contributed by atoms with E-state index in [0.29, 0.717) is 11.3 Å². The van der Waals surface area contributed by atoms with E-state index in [1.54, 1.807) is 12.1 Å². The van der Waals surface area contributed by atoms with Crippen molar-refractivity contribution in [3.8, 4) is 0 Å². The third-order valence-electron chi connectivity index (χ3n) is 4.05. The fourth-order valence-corrected chi connectivity index (χ4v) is 2.83. The van der Waals surface area contributed by atoms with Gasteiger partial charge in [-0.3, -0.25) is 4.79 Å². The van der Waals surface area contributed by atoms with Gasteiger partial charge in [-0.25, -0.2) is 0 Å². The van der Waals surface area contributed by atoms with Gasteiger partial charge in [-0.2, -0.15) is 0 Å². The molecule has 1 aromatic carbocycles. The third kappa shape index (κ3) is 3.19. The predicted molar refractivity (Wildman–Crippen MR) is 79.2 cm³/mol. The van der Waals surface area contributed by atoms with Crippen LogP contribution in [0.5, 0.6) is 0 Å². The Morgan fingerprint density at radius 2 is 2.16 bits per heavy atom. The smallest absolute Gasteiger partial charge is 0.250 e. The van der Waals surface area contributed by atoms with Crippen molar-refractivity contribution in [3.63, 3.8) is 0 Å². The number of hydrogen-bond donors (Lipinski definition) is 2. The van der Waals surface area contributed by atoms with Crippen molar-refractivity contribution in [1.82, 2.24) is 0 Å². The van der Waals surface area contributed by atoms with Crippen LogP contribution in [-0.2, 0) is 0 Å². The summed E-state index contributed by atoms with van der Waals surface area (Å²) in [5, 5.41) is 0. The molecule has 1 amide bonds. The number of primary amides is 1. The topological polar surface area (TPSA) is 72.3 Å². The van der Waals surface area contributed by atoms with Crippen molar-refractivity contribution in [2.75, 3.05) is 23.7 Å². The van der Waals surface area contributed by atoms with Crippen molar-refractivity contribution in [2.24, 2.45) is 11.7 Å². The number of rotatable bonds is 3. The van der Waals surface area contributed by atoms with Crippen LogP contribution in [0, 0.1) is 5.92 Å². The molecular formula is C15H23N3O. The molecule has 0 radical (unpaired) electrons. The fraction of sp³-hybridized carbons (Fsp3) is 0.533. The molecule has 104 valence electrons. The molecule has 0 aromatic heterocycles. The molecule has 1 saturated heterocycles. The number of nitrogens with two attached hydrogens (primary N) is 2. The van der Waals surface area contributed by atoms with Crippen LogP contribution in [0.4, 0.5) is 11.4 Å². The molecule has 1 heterocycles. The van der Waals surface area contributed by atoms with Crippen LogP contribution < -0.4 is 16.4 Å². The number of benzene rings is 1. The molecule has 0 spiro atoms. The number of nitrogen functional groups attached to an aromatic ring is 1.